The Morgan fingerprint density at radius 2 is 2.00 bits per heavy atom. The van der Waals surface area contributed by atoms with Crippen molar-refractivity contribution in [3.63, 3.8) is 0 Å². The Kier molecular flexibility index (Phi) is 3.74. The number of rotatable bonds is 4. The molecule has 0 saturated heterocycles. The summed E-state index contributed by atoms with van der Waals surface area (Å²) in [6, 6.07) is 6.21. The van der Waals surface area contributed by atoms with E-state index in [1.165, 1.54) is 11.1 Å². The van der Waals surface area contributed by atoms with Crippen LogP contribution < -0.4 is 0 Å². The highest BCUT2D eigenvalue weighted by Gasteiger charge is 2.31. The molecule has 0 saturated carbocycles. The van der Waals surface area contributed by atoms with E-state index in [-0.39, 0.29) is 0 Å². The monoisotopic (exact) mass is 220 g/mol. The van der Waals surface area contributed by atoms with E-state index in [2.05, 4.69) is 18.2 Å². The van der Waals surface area contributed by atoms with Gasteiger partial charge in [-0.05, 0) is 44.7 Å². The van der Waals surface area contributed by atoms with Crippen LogP contribution in [-0.4, -0.2) is 11.1 Å². The zero-order valence-electron chi connectivity index (χ0n) is 10.5. The zero-order chi connectivity index (χ0) is 12.3. The summed E-state index contributed by atoms with van der Waals surface area (Å²) in [7, 11) is 0. The fraction of sp³-hybridized carbons (Fsp3) is 0.500. The lowest BCUT2D eigenvalue weighted by molar-refractivity contribution is -0.148. The van der Waals surface area contributed by atoms with Crippen LogP contribution in [0.25, 0.3) is 0 Å². The molecule has 1 atom stereocenters. The van der Waals surface area contributed by atoms with Gasteiger partial charge in [0.15, 0.2) is 0 Å². The number of aliphatic carboxylic acids is 1. The Bertz CT molecular complexity index is 396. The Morgan fingerprint density at radius 3 is 2.50 bits per heavy atom. The molecule has 0 aromatic heterocycles. The van der Waals surface area contributed by atoms with Crippen LogP contribution in [0.5, 0.6) is 0 Å². The molecule has 1 unspecified atom stereocenters. The van der Waals surface area contributed by atoms with Crippen molar-refractivity contribution in [3.8, 4) is 0 Å². The van der Waals surface area contributed by atoms with Crippen molar-refractivity contribution in [2.75, 3.05) is 0 Å². The zero-order valence-corrected chi connectivity index (χ0v) is 10.5. The fourth-order valence-corrected chi connectivity index (χ4v) is 1.76. The number of carbonyl (C=O) groups is 1. The maximum atomic E-state index is 11.3. The summed E-state index contributed by atoms with van der Waals surface area (Å²) in [5, 5.41) is 9.25. The molecule has 2 nitrogen and oxygen atoms in total. The molecule has 0 spiro atoms. The standard InChI is InChI=1S/C14H20O2/c1-5-14(4,13(15)16)9-12-8-10(2)6-7-11(12)3/h6-8H,5,9H2,1-4H3,(H,15,16). The highest BCUT2D eigenvalue weighted by Crippen LogP contribution is 2.28. The van der Waals surface area contributed by atoms with E-state index >= 15 is 0 Å². The first-order valence-corrected chi connectivity index (χ1v) is 5.68. The first kappa shape index (κ1) is 12.8. The number of benzene rings is 1. The average molecular weight is 220 g/mol. The van der Waals surface area contributed by atoms with Crippen LogP contribution in [0, 0.1) is 19.3 Å². The van der Waals surface area contributed by atoms with E-state index in [4.69, 9.17) is 0 Å². The molecule has 0 radical (unpaired) electrons. The van der Waals surface area contributed by atoms with Gasteiger partial charge >= 0.3 is 5.97 Å². The minimum Gasteiger partial charge on any atom is -0.481 e. The minimum absolute atomic E-state index is 0.604. The molecule has 0 fully saturated rings. The second-order valence-corrected chi connectivity index (χ2v) is 4.83. The Labute approximate surface area is 97.3 Å². The molecule has 88 valence electrons. The van der Waals surface area contributed by atoms with Gasteiger partial charge in [0.1, 0.15) is 0 Å². The lowest BCUT2D eigenvalue weighted by Gasteiger charge is -2.24. The first-order chi connectivity index (χ1) is 7.39. The third-order valence-corrected chi connectivity index (χ3v) is 3.38. The lowest BCUT2D eigenvalue weighted by Crippen LogP contribution is -2.29. The molecule has 0 amide bonds. The smallest absolute Gasteiger partial charge is 0.309 e. The van der Waals surface area contributed by atoms with E-state index in [0.29, 0.717) is 12.8 Å². The van der Waals surface area contributed by atoms with Crippen molar-refractivity contribution in [2.24, 2.45) is 5.41 Å². The summed E-state index contributed by atoms with van der Waals surface area (Å²) in [6.07, 6.45) is 1.25. The number of carboxylic acid groups (broad SMARTS) is 1. The van der Waals surface area contributed by atoms with Crippen molar-refractivity contribution in [3.05, 3.63) is 34.9 Å². The summed E-state index contributed by atoms with van der Waals surface area (Å²) in [4.78, 5) is 11.3. The van der Waals surface area contributed by atoms with Gasteiger partial charge in [-0.2, -0.15) is 0 Å². The van der Waals surface area contributed by atoms with Crippen molar-refractivity contribution < 1.29 is 9.90 Å². The van der Waals surface area contributed by atoms with Crippen LogP contribution in [0.1, 0.15) is 37.0 Å². The van der Waals surface area contributed by atoms with Gasteiger partial charge in [0.05, 0.1) is 5.41 Å². The highest BCUT2D eigenvalue weighted by molar-refractivity contribution is 5.74. The Morgan fingerprint density at radius 1 is 1.38 bits per heavy atom. The van der Waals surface area contributed by atoms with E-state index in [1.807, 2.05) is 27.7 Å². The van der Waals surface area contributed by atoms with Crippen molar-refractivity contribution in [2.45, 2.75) is 40.5 Å². The van der Waals surface area contributed by atoms with Gasteiger partial charge in [-0.25, -0.2) is 0 Å². The second kappa shape index (κ2) is 4.69. The average Bonchev–Trinajstić information content (AvgIpc) is 2.23. The number of aryl methyl sites for hydroxylation is 2. The molecule has 16 heavy (non-hydrogen) atoms. The maximum Gasteiger partial charge on any atom is 0.309 e. The molecule has 0 heterocycles. The van der Waals surface area contributed by atoms with E-state index < -0.39 is 11.4 Å². The molecule has 1 aromatic carbocycles. The van der Waals surface area contributed by atoms with Gasteiger partial charge in [-0.3, -0.25) is 4.79 Å². The SMILES string of the molecule is CCC(C)(Cc1cc(C)ccc1C)C(=O)O. The molecule has 0 aliphatic carbocycles. The van der Waals surface area contributed by atoms with Crippen LogP contribution in [0.2, 0.25) is 0 Å². The first-order valence-electron chi connectivity index (χ1n) is 5.68. The van der Waals surface area contributed by atoms with Gasteiger partial charge < -0.3 is 5.11 Å². The molecule has 0 aliphatic heterocycles. The normalized spacial score (nSPS) is 14.5. The van der Waals surface area contributed by atoms with Crippen LogP contribution in [0.4, 0.5) is 0 Å². The molecule has 1 rings (SSSR count). The fourth-order valence-electron chi connectivity index (χ4n) is 1.76. The van der Waals surface area contributed by atoms with Crippen molar-refractivity contribution in [1.29, 1.82) is 0 Å². The van der Waals surface area contributed by atoms with Crippen LogP contribution in [0.3, 0.4) is 0 Å². The number of hydrogen-bond acceptors (Lipinski definition) is 1. The quantitative estimate of drug-likeness (QED) is 0.845. The summed E-state index contributed by atoms with van der Waals surface area (Å²) in [5.74, 6) is -0.712. The molecular weight excluding hydrogens is 200 g/mol. The maximum absolute atomic E-state index is 11.3. The second-order valence-electron chi connectivity index (χ2n) is 4.83. The van der Waals surface area contributed by atoms with Crippen LogP contribution in [-0.2, 0) is 11.2 Å². The third-order valence-electron chi connectivity index (χ3n) is 3.38. The number of carboxylic acids is 1. The Balaban J connectivity index is 3.03. The minimum atomic E-state index is -0.712. The van der Waals surface area contributed by atoms with Crippen LogP contribution >= 0.6 is 0 Å². The van der Waals surface area contributed by atoms with Gasteiger partial charge in [0.25, 0.3) is 0 Å². The molecular formula is C14H20O2. The predicted molar refractivity (Wildman–Crippen MR) is 65.7 cm³/mol. The molecule has 1 N–H and O–H groups in total. The summed E-state index contributed by atoms with van der Waals surface area (Å²) < 4.78 is 0. The summed E-state index contributed by atoms with van der Waals surface area (Å²) in [5.41, 5.74) is 2.85. The third kappa shape index (κ3) is 2.63. The molecule has 1 aromatic rings. The lowest BCUT2D eigenvalue weighted by atomic mass is 9.80. The van der Waals surface area contributed by atoms with Crippen molar-refractivity contribution >= 4 is 5.97 Å². The highest BCUT2D eigenvalue weighted by atomic mass is 16.4. The van der Waals surface area contributed by atoms with Gasteiger partial charge in [-0.1, -0.05) is 30.7 Å². The summed E-state index contributed by atoms with van der Waals surface area (Å²) >= 11 is 0. The van der Waals surface area contributed by atoms with Gasteiger partial charge in [0, 0.05) is 0 Å². The predicted octanol–water partition coefficient (Wildman–Crippen LogP) is 3.35. The summed E-state index contributed by atoms with van der Waals surface area (Å²) in [6.45, 7) is 7.82. The van der Waals surface area contributed by atoms with Gasteiger partial charge in [0.2, 0.25) is 0 Å². The topological polar surface area (TPSA) is 37.3 Å². The van der Waals surface area contributed by atoms with E-state index in [9.17, 15) is 9.90 Å². The van der Waals surface area contributed by atoms with E-state index in [1.54, 1.807) is 0 Å². The molecule has 0 bridgehead atoms. The van der Waals surface area contributed by atoms with E-state index in [0.717, 1.165) is 5.56 Å². The number of hydrogen-bond donors (Lipinski definition) is 1. The largest absolute Gasteiger partial charge is 0.481 e. The molecule has 2 heteroatoms. The Hall–Kier alpha value is -1.31. The molecule has 0 aliphatic rings. The van der Waals surface area contributed by atoms with Crippen molar-refractivity contribution in [1.82, 2.24) is 0 Å². The van der Waals surface area contributed by atoms with Gasteiger partial charge in [-0.15, -0.1) is 0 Å². The van der Waals surface area contributed by atoms with Crippen LogP contribution in [0.15, 0.2) is 18.2 Å².